The van der Waals surface area contributed by atoms with E-state index in [0.717, 1.165) is 12.8 Å². The predicted molar refractivity (Wildman–Crippen MR) is 46.1 cm³/mol. The molecular formula is C8H16N2O2. The first-order valence-corrected chi connectivity index (χ1v) is 4.28. The van der Waals surface area contributed by atoms with Gasteiger partial charge in [-0.05, 0) is 12.8 Å². The van der Waals surface area contributed by atoms with Crippen molar-refractivity contribution >= 4 is 11.8 Å². The fourth-order valence-corrected chi connectivity index (χ4v) is 0.719. The van der Waals surface area contributed by atoms with Gasteiger partial charge in [0.1, 0.15) is 0 Å². The van der Waals surface area contributed by atoms with Gasteiger partial charge >= 0.3 is 0 Å². The molecule has 0 saturated carbocycles. The Labute approximate surface area is 72.7 Å². The number of hydrazine groups is 1. The van der Waals surface area contributed by atoms with E-state index in [1.54, 1.807) is 0 Å². The quantitative estimate of drug-likeness (QED) is 0.614. The van der Waals surface area contributed by atoms with Crippen molar-refractivity contribution in [3.05, 3.63) is 0 Å². The molecule has 0 fully saturated rings. The van der Waals surface area contributed by atoms with E-state index in [1.807, 2.05) is 13.8 Å². The van der Waals surface area contributed by atoms with Crippen molar-refractivity contribution < 1.29 is 9.59 Å². The highest BCUT2D eigenvalue weighted by molar-refractivity contribution is 5.81. The lowest BCUT2D eigenvalue weighted by Gasteiger charge is -2.04. The van der Waals surface area contributed by atoms with Crippen molar-refractivity contribution in [3.63, 3.8) is 0 Å². The van der Waals surface area contributed by atoms with Crippen molar-refractivity contribution in [1.29, 1.82) is 0 Å². The Morgan fingerprint density at radius 3 is 1.50 bits per heavy atom. The van der Waals surface area contributed by atoms with Gasteiger partial charge in [0.15, 0.2) is 0 Å². The Kier molecular flexibility index (Phi) is 6.05. The molecule has 0 unspecified atom stereocenters. The van der Waals surface area contributed by atoms with Crippen LogP contribution in [0.15, 0.2) is 0 Å². The summed E-state index contributed by atoms with van der Waals surface area (Å²) < 4.78 is 0. The Morgan fingerprint density at radius 2 is 1.25 bits per heavy atom. The zero-order valence-electron chi connectivity index (χ0n) is 7.64. The van der Waals surface area contributed by atoms with Gasteiger partial charge in [0, 0.05) is 12.8 Å². The van der Waals surface area contributed by atoms with Gasteiger partial charge in [0.2, 0.25) is 11.8 Å². The zero-order chi connectivity index (χ0) is 9.40. The lowest BCUT2D eigenvalue weighted by molar-refractivity contribution is -0.128. The molecule has 0 aromatic carbocycles. The lowest BCUT2D eigenvalue weighted by atomic mass is 10.3. The third-order valence-corrected chi connectivity index (χ3v) is 1.30. The second-order valence-corrected chi connectivity index (χ2v) is 2.60. The molecule has 2 amide bonds. The Bertz CT molecular complexity index is 139. The number of rotatable bonds is 4. The van der Waals surface area contributed by atoms with Crippen LogP contribution in [0.3, 0.4) is 0 Å². The average molecular weight is 172 g/mol. The maximum atomic E-state index is 10.8. The highest BCUT2D eigenvalue weighted by atomic mass is 16.2. The second-order valence-electron chi connectivity index (χ2n) is 2.60. The Balaban J connectivity index is 3.40. The predicted octanol–water partition coefficient (Wildman–Crippen LogP) is 0.734. The van der Waals surface area contributed by atoms with E-state index in [2.05, 4.69) is 10.9 Å². The first-order chi connectivity index (χ1) is 5.70. The van der Waals surface area contributed by atoms with Crippen molar-refractivity contribution in [2.45, 2.75) is 39.5 Å². The number of carbonyl (C=O) groups excluding carboxylic acids is 2. The van der Waals surface area contributed by atoms with Crippen LogP contribution in [-0.4, -0.2) is 11.8 Å². The summed E-state index contributed by atoms with van der Waals surface area (Å²) >= 11 is 0. The van der Waals surface area contributed by atoms with Crippen molar-refractivity contribution in [1.82, 2.24) is 10.9 Å². The molecule has 0 aliphatic heterocycles. The molecular weight excluding hydrogens is 156 g/mol. The minimum Gasteiger partial charge on any atom is -0.273 e. The van der Waals surface area contributed by atoms with Crippen LogP contribution < -0.4 is 10.9 Å². The van der Waals surface area contributed by atoms with E-state index in [1.165, 1.54) is 0 Å². The van der Waals surface area contributed by atoms with Crippen LogP contribution in [0.4, 0.5) is 0 Å². The summed E-state index contributed by atoms with van der Waals surface area (Å²) in [6, 6.07) is 0. The maximum Gasteiger partial charge on any atom is 0.238 e. The molecule has 0 spiro atoms. The van der Waals surface area contributed by atoms with Gasteiger partial charge < -0.3 is 0 Å². The van der Waals surface area contributed by atoms with E-state index < -0.39 is 0 Å². The van der Waals surface area contributed by atoms with E-state index >= 15 is 0 Å². The van der Waals surface area contributed by atoms with E-state index in [9.17, 15) is 9.59 Å². The first kappa shape index (κ1) is 10.9. The molecule has 0 radical (unpaired) electrons. The van der Waals surface area contributed by atoms with Crippen LogP contribution in [0.2, 0.25) is 0 Å². The van der Waals surface area contributed by atoms with Crippen LogP contribution in [0.5, 0.6) is 0 Å². The molecule has 0 heterocycles. The van der Waals surface area contributed by atoms with Gasteiger partial charge in [-0.3, -0.25) is 20.4 Å². The van der Waals surface area contributed by atoms with E-state index in [0.29, 0.717) is 12.8 Å². The molecule has 0 rings (SSSR count). The van der Waals surface area contributed by atoms with Crippen LogP contribution in [0.1, 0.15) is 39.5 Å². The highest BCUT2D eigenvalue weighted by Crippen LogP contribution is 1.86. The molecule has 4 heteroatoms. The fourth-order valence-electron chi connectivity index (χ4n) is 0.719. The minimum atomic E-state index is -0.137. The summed E-state index contributed by atoms with van der Waals surface area (Å²) in [5.74, 6) is -0.274. The summed E-state index contributed by atoms with van der Waals surface area (Å²) in [7, 11) is 0. The van der Waals surface area contributed by atoms with Crippen LogP contribution in [-0.2, 0) is 9.59 Å². The number of nitrogens with one attached hydrogen (secondary N) is 2. The standard InChI is InChI=1S/C8H16N2O2/c1-3-5-7(11)9-10-8(12)6-4-2/h3-6H2,1-2H3,(H,9,11)(H,10,12). The molecule has 70 valence electrons. The summed E-state index contributed by atoms with van der Waals surface area (Å²) in [6.07, 6.45) is 2.48. The first-order valence-electron chi connectivity index (χ1n) is 4.28. The normalized spacial score (nSPS) is 9.17. The fraction of sp³-hybridized carbons (Fsp3) is 0.750. The summed E-state index contributed by atoms with van der Waals surface area (Å²) in [5.41, 5.74) is 4.66. The number of hydrogen-bond donors (Lipinski definition) is 2. The van der Waals surface area contributed by atoms with Gasteiger partial charge in [0.05, 0.1) is 0 Å². The van der Waals surface area contributed by atoms with E-state index in [4.69, 9.17) is 0 Å². The topological polar surface area (TPSA) is 58.2 Å². The third-order valence-electron chi connectivity index (χ3n) is 1.30. The van der Waals surface area contributed by atoms with Gasteiger partial charge in [-0.15, -0.1) is 0 Å². The van der Waals surface area contributed by atoms with Gasteiger partial charge in [-0.2, -0.15) is 0 Å². The Morgan fingerprint density at radius 1 is 0.917 bits per heavy atom. The van der Waals surface area contributed by atoms with Crippen molar-refractivity contribution in [2.24, 2.45) is 0 Å². The van der Waals surface area contributed by atoms with Gasteiger partial charge in [-0.1, -0.05) is 13.8 Å². The minimum absolute atomic E-state index is 0.137. The van der Waals surface area contributed by atoms with E-state index in [-0.39, 0.29) is 11.8 Å². The molecule has 12 heavy (non-hydrogen) atoms. The van der Waals surface area contributed by atoms with Crippen molar-refractivity contribution in [3.8, 4) is 0 Å². The molecule has 0 aromatic heterocycles. The average Bonchev–Trinajstić information content (AvgIpc) is 2.02. The molecule has 0 aliphatic carbocycles. The molecule has 0 atom stereocenters. The summed E-state index contributed by atoms with van der Waals surface area (Å²) in [6.45, 7) is 3.82. The highest BCUT2D eigenvalue weighted by Gasteiger charge is 2.01. The third kappa shape index (κ3) is 5.70. The molecule has 0 aliphatic rings. The smallest absolute Gasteiger partial charge is 0.238 e. The largest absolute Gasteiger partial charge is 0.273 e. The van der Waals surface area contributed by atoms with Crippen LogP contribution in [0.25, 0.3) is 0 Å². The summed E-state index contributed by atoms with van der Waals surface area (Å²) in [5, 5.41) is 0. The van der Waals surface area contributed by atoms with Gasteiger partial charge in [-0.25, -0.2) is 0 Å². The molecule has 2 N–H and O–H groups in total. The molecule has 0 aromatic rings. The summed E-state index contributed by atoms with van der Waals surface area (Å²) in [4.78, 5) is 21.7. The molecule has 4 nitrogen and oxygen atoms in total. The van der Waals surface area contributed by atoms with Crippen molar-refractivity contribution in [2.75, 3.05) is 0 Å². The monoisotopic (exact) mass is 172 g/mol. The molecule has 0 saturated heterocycles. The van der Waals surface area contributed by atoms with Gasteiger partial charge in [0.25, 0.3) is 0 Å². The number of hydrogen-bond acceptors (Lipinski definition) is 2. The lowest BCUT2D eigenvalue weighted by Crippen LogP contribution is -2.41. The van der Waals surface area contributed by atoms with Crippen LogP contribution >= 0.6 is 0 Å². The Hall–Kier alpha value is -1.06. The second kappa shape index (κ2) is 6.64. The SMILES string of the molecule is CCCC(=O)NNC(=O)CCC. The number of amides is 2. The zero-order valence-corrected chi connectivity index (χ0v) is 7.64. The maximum absolute atomic E-state index is 10.8. The molecule has 0 bridgehead atoms. The van der Waals surface area contributed by atoms with Crippen LogP contribution in [0, 0.1) is 0 Å². The number of carbonyl (C=O) groups is 2.